The van der Waals surface area contributed by atoms with Crippen LogP contribution in [0, 0.1) is 0 Å². The van der Waals surface area contributed by atoms with Gasteiger partial charge < -0.3 is 42.0 Å². The molecule has 9 N–H and O–H groups in total. The van der Waals surface area contributed by atoms with Gasteiger partial charge in [-0.05, 0) is 29.7 Å². The number of H-pyrrole nitrogens is 1. The van der Waals surface area contributed by atoms with Crippen LogP contribution in [0.4, 0.5) is 0 Å². The lowest BCUT2D eigenvalue weighted by atomic mass is 10.0. The van der Waals surface area contributed by atoms with Crippen molar-refractivity contribution >= 4 is 23.7 Å². The van der Waals surface area contributed by atoms with Crippen molar-refractivity contribution in [1.82, 2.24) is 25.9 Å². The molecule has 0 spiro atoms. The van der Waals surface area contributed by atoms with Crippen molar-refractivity contribution in [2.45, 2.75) is 43.4 Å². The number of nitrogens with zero attached hydrogens (tertiary/aromatic N) is 1. The number of aliphatic carboxylic acids is 1. The van der Waals surface area contributed by atoms with Crippen LogP contribution in [0.25, 0.3) is 0 Å². The second kappa shape index (κ2) is 14.4. The van der Waals surface area contributed by atoms with E-state index in [0.29, 0.717) is 11.3 Å². The molecule has 0 aliphatic carbocycles. The number of carboxylic acids is 1. The number of hydrogen-bond acceptors (Lipinski definition) is 8. The van der Waals surface area contributed by atoms with Crippen LogP contribution in [0.15, 0.2) is 67.1 Å². The minimum absolute atomic E-state index is 0.00241. The molecule has 0 saturated heterocycles. The van der Waals surface area contributed by atoms with E-state index < -0.39 is 54.5 Å². The molecule has 13 heteroatoms. The predicted octanol–water partition coefficient (Wildman–Crippen LogP) is -0.998. The molecule has 2 aromatic carbocycles. The maximum absolute atomic E-state index is 13.4. The third-order valence-corrected chi connectivity index (χ3v) is 6.05. The summed E-state index contributed by atoms with van der Waals surface area (Å²) in [4.78, 5) is 57.6. The number of carbonyl (C=O) groups excluding carboxylic acids is 3. The Hall–Kier alpha value is -4.75. The number of nitrogens with two attached hydrogens (primary N) is 1. The highest BCUT2D eigenvalue weighted by molar-refractivity contribution is 5.94. The Morgan fingerprint density at radius 1 is 0.800 bits per heavy atom. The minimum Gasteiger partial charge on any atom is -0.508 e. The normalized spacial score (nSPS) is 13.8. The Morgan fingerprint density at radius 3 is 1.95 bits per heavy atom. The zero-order chi connectivity index (χ0) is 29.1. The van der Waals surface area contributed by atoms with Gasteiger partial charge in [0.05, 0.1) is 19.0 Å². The van der Waals surface area contributed by atoms with Crippen LogP contribution < -0.4 is 21.7 Å². The van der Waals surface area contributed by atoms with Crippen molar-refractivity contribution in [3.05, 3.63) is 83.9 Å². The number of aliphatic hydroxyl groups is 1. The third kappa shape index (κ3) is 8.92. The number of benzene rings is 2. The summed E-state index contributed by atoms with van der Waals surface area (Å²) in [6, 6.07) is 9.98. The van der Waals surface area contributed by atoms with Crippen molar-refractivity contribution in [1.29, 1.82) is 0 Å². The van der Waals surface area contributed by atoms with Gasteiger partial charge in [-0.2, -0.15) is 0 Å². The van der Waals surface area contributed by atoms with E-state index in [4.69, 9.17) is 5.73 Å². The number of amides is 3. The fraction of sp³-hybridized carbons (Fsp3) is 0.296. The molecule has 0 radical (unpaired) electrons. The number of phenolic OH excluding ortho intramolecular Hbond substituents is 1. The first-order valence-electron chi connectivity index (χ1n) is 12.5. The molecule has 3 rings (SSSR count). The second-order valence-corrected chi connectivity index (χ2v) is 9.15. The smallest absolute Gasteiger partial charge is 0.328 e. The highest BCUT2D eigenvalue weighted by Crippen LogP contribution is 2.12. The quantitative estimate of drug-likeness (QED) is 0.123. The lowest BCUT2D eigenvalue weighted by Gasteiger charge is -2.25. The van der Waals surface area contributed by atoms with Gasteiger partial charge in [-0.15, -0.1) is 0 Å². The van der Waals surface area contributed by atoms with E-state index in [1.54, 1.807) is 0 Å². The Morgan fingerprint density at radius 2 is 1.38 bits per heavy atom. The van der Waals surface area contributed by atoms with Crippen molar-refractivity contribution in [3.8, 4) is 5.75 Å². The highest BCUT2D eigenvalue weighted by Gasteiger charge is 2.31. The Bertz CT molecular complexity index is 1270. The molecule has 0 saturated carbocycles. The van der Waals surface area contributed by atoms with E-state index in [1.807, 2.05) is 30.3 Å². The standard InChI is InChI=1S/C27H32N6O7/c28-20(10-16-4-2-1-3-5-16)24(36)31-22(12-18-13-29-15-30-18)26(38)32-21(11-17-6-8-19(35)9-7-17)25(37)33-23(14-34)27(39)40/h1-9,13,15,20-23,34-35H,10-12,14,28H2,(H,29,30)(H,31,36)(H,32,38)(H,33,37)(H,39,40). The summed E-state index contributed by atoms with van der Waals surface area (Å²) in [5.41, 5.74) is 8.02. The van der Waals surface area contributed by atoms with Gasteiger partial charge in [0.1, 0.15) is 23.9 Å². The predicted molar refractivity (Wildman–Crippen MR) is 143 cm³/mol. The van der Waals surface area contributed by atoms with Crippen molar-refractivity contribution < 1.29 is 34.5 Å². The highest BCUT2D eigenvalue weighted by atomic mass is 16.4. The van der Waals surface area contributed by atoms with Crippen LogP contribution in [0.5, 0.6) is 5.75 Å². The number of aromatic hydroxyl groups is 1. The van der Waals surface area contributed by atoms with Crippen LogP contribution >= 0.6 is 0 Å². The van der Waals surface area contributed by atoms with Gasteiger partial charge in [-0.1, -0.05) is 42.5 Å². The molecular formula is C27H32N6O7. The Balaban J connectivity index is 1.79. The van der Waals surface area contributed by atoms with Gasteiger partial charge in [-0.3, -0.25) is 14.4 Å². The molecule has 212 valence electrons. The summed E-state index contributed by atoms with van der Waals surface area (Å²) in [6.07, 6.45) is 3.05. The van der Waals surface area contributed by atoms with E-state index in [2.05, 4.69) is 25.9 Å². The molecule has 0 bridgehead atoms. The average Bonchev–Trinajstić information content (AvgIpc) is 3.45. The second-order valence-electron chi connectivity index (χ2n) is 9.15. The number of imidazole rings is 1. The van der Waals surface area contributed by atoms with Crippen LogP contribution in [0.3, 0.4) is 0 Å². The van der Waals surface area contributed by atoms with Crippen LogP contribution in [-0.4, -0.2) is 79.8 Å². The lowest BCUT2D eigenvalue weighted by molar-refractivity contribution is -0.143. The Labute approximate surface area is 229 Å². The number of aromatic nitrogens is 2. The largest absolute Gasteiger partial charge is 0.508 e. The van der Waals surface area contributed by atoms with E-state index in [9.17, 15) is 34.5 Å². The summed E-state index contributed by atoms with van der Waals surface area (Å²) < 4.78 is 0. The van der Waals surface area contributed by atoms with Gasteiger partial charge in [0.25, 0.3) is 0 Å². The minimum atomic E-state index is -1.59. The molecule has 1 heterocycles. The number of phenols is 1. The zero-order valence-electron chi connectivity index (χ0n) is 21.5. The molecule has 3 aromatic rings. The van der Waals surface area contributed by atoms with E-state index >= 15 is 0 Å². The van der Waals surface area contributed by atoms with Gasteiger partial charge in [0.15, 0.2) is 0 Å². The summed E-state index contributed by atoms with van der Waals surface area (Å²) in [5, 5.41) is 35.6. The maximum atomic E-state index is 13.4. The fourth-order valence-corrected chi connectivity index (χ4v) is 3.87. The number of hydrogen-bond donors (Lipinski definition) is 8. The lowest BCUT2D eigenvalue weighted by Crippen LogP contribution is -2.58. The van der Waals surface area contributed by atoms with Gasteiger partial charge in [0.2, 0.25) is 17.7 Å². The molecule has 4 unspecified atom stereocenters. The van der Waals surface area contributed by atoms with E-state index in [0.717, 1.165) is 5.56 Å². The zero-order valence-corrected chi connectivity index (χ0v) is 21.5. The molecule has 4 atom stereocenters. The van der Waals surface area contributed by atoms with Gasteiger partial charge in [-0.25, -0.2) is 9.78 Å². The summed E-state index contributed by atoms with van der Waals surface area (Å²) >= 11 is 0. The number of carbonyl (C=O) groups is 4. The maximum Gasteiger partial charge on any atom is 0.328 e. The molecule has 0 aliphatic heterocycles. The number of rotatable bonds is 14. The molecule has 1 aromatic heterocycles. The molecule has 0 fully saturated rings. The first-order valence-corrected chi connectivity index (χ1v) is 12.5. The first kappa shape index (κ1) is 29.8. The van der Waals surface area contributed by atoms with E-state index in [1.165, 1.54) is 36.8 Å². The number of aromatic amines is 1. The average molecular weight is 553 g/mol. The third-order valence-electron chi connectivity index (χ3n) is 6.05. The van der Waals surface area contributed by atoms with Crippen LogP contribution in [-0.2, 0) is 38.4 Å². The number of nitrogens with one attached hydrogen (secondary N) is 4. The van der Waals surface area contributed by atoms with Gasteiger partial charge >= 0.3 is 5.97 Å². The first-order chi connectivity index (χ1) is 19.2. The molecule has 13 nitrogen and oxygen atoms in total. The van der Waals surface area contributed by atoms with Crippen molar-refractivity contribution in [2.75, 3.05) is 6.61 Å². The summed E-state index contributed by atoms with van der Waals surface area (Å²) in [5.74, 6) is -3.65. The monoisotopic (exact) mass is 552 g/mol. The van der Waals surface area contributed by atoms with Crippen molar-refractivity contribution in [3.63, 3.8) is 0 Å². The molecular weight excluding hydrogens is 520 g/mol. The number of carboxylic acid groups (broad SMARTS) is 1. The van der Waals surface area contributed by atoms with Crippen LogP contribution in [0.1, 0.15) is 16.8 Å². The number of aliphatic hydroxyl groups excluding tert-OH is 1. The topological polar surface area (TPSA) is 220 Å². The van der Waals surface area contributed by atoms with E-state index in [-0.39, 0.29) is 25.0 Å². The summed E-state index contributed by atoms with van der Waals surface area (Å²) in [6.45, 7) is -0.862. The van der Waals surface area contributed by atoms with Gasteiger partial charge in [0, 0.05) is 24.7 Å². The molecule has 3 amide bonds. The summed E-state index contributed by atoms with van der Waals surface area (Å²) in [7, 11) is 0. The van der Waals surface area contributed by atoms with Crippen molar-refractivity contribution in [2.24, 2.45) is 5.73 Å². The van der Waals surface area contributed by atoms with Crippen LogP contribution in [0.2, 0.25) is 0 Å². The molecule has 0 aliphatic rings. The fourth-order valence-electron chi connectivity index (χ4n) is 3.87. The Kier molecular flexibility index (Phi) is 10.7. The SMILES string of the molecule is NC(Cc1ccccc1)C(=O)NC(Cc1cnc[nH]1)C(=O)NC(Cc1ccc(O)cc1)C(=O)NC(CO)C(=O)O. The molecule has 40 heavy (non-hydrogen) atoms.